The van der Waals surface area contributed by atoms with E-state index in [2.05, 4.69) is 15.6 Å². The number of hydrogen-bond acceptors (Lipinski definition) is 6. The van der Waals surface area contributed by atoms with Crippen molar-refractivity contribution in [1.29, 1.82) is 0 Å². The second-order valence-electron chi connectivity index (χ2n) is 6.52. The summed E-state index contributed by atoms with van der Waals surface area (Å²) in [4.78, 5) is 44.8. The van der Waals surface area contributed by atoms with Gasteiger partial charge in [0, 0.05) is 49.1 Å². The van der Waals surface area contributed by atoms with Crippen molar-refractivity contribution in [2.75, 3.05) is 43.1 Å². The highest BCUT2D eigenvalue weighted by molar-refractivity contribution is 7.98. The molecule has 2 N–H and O–H groups in total. The van der Waals surface area contributed by atoms with Crippen molar-refractivity contribution in [2.45, 2.75) is 18.2 Å². The lowest BCUT2D eigenvalue weighted by Crippen LogP contribution is -2.51. The van der Waals surface area contributed by atoms with Gasteiger partial charge in [-0.3, -0.25) is 14.9 Å². The molecule has 1 aliphatic heterocycles. The number of benzene rings is 1. The second-order valence-corrected chi connectivity index (χ2v) is 8.26. The Balaban J connectivity index is 1.49. The van der Waals surface area contributed by atoms with Gasteiger partial charge in [0.2, 0.25) is 11.8 Å². The number of aromatic nitrogens is 1. The van der Waals surface area contributed by atoms with E-state index < -0.39 is 0 Å². The fraction of sp³-hybridized carbons (Fsp3) is 0.368. The van der Waals surface area contributed by atoms with E-state index in [1.807, 2.05) is 30.5 Å². The lowest BCUT2D eigenvalue weighted by Gasteiger charge is -2.33. The minimum Gasteiger partial charge on any atom is -0.339 e. The summed E-state index contributed by atoms with van der Waals surface area (Å²) in [7, 11) is 0. The minimum atomic E-state index is -0.243. The SMILES string of the molecule is CSc1cccc(NC(=O)Cc2csc(NC(=O)N3CCN(C(C)=O)CC3)n2)c1. The highest BCUT2D eigenvalue weighted by Gasteiger charge is 2.23. The molecule has 0 saturated carbocycles. The van der Waals surface area contributed by atoms with Gasteiger partial charge >= 0.3 is 6.03 Å². The van der Waals surface area contributed by atoms with Gasteiger partial charge in [0.05, 0.1) is 12.1 Å². The van der Waals surface area contributed by atoms with Crippen LogP contribution in [0.2, 0.25) is 0 Å². The number of thioether (sulfide) groups is 1. The second kappa shape index (κ2) is 9.75. The lowest BCUT2D eigenvalue weighted by atomic mass is 10.3. The maximum atomic E-state index is 12.4. The molecule has 2 heterocycles. The summed E-state index contributed by atoms with van der Waals surface area (Å²) in [6.45, 7) is 3.57. The number of rotatable bonds is 5. The number of carbonyl (C=O) groups is 3. The third-order valence-corrected chi connectivity index (χ3v) is 6.00. The van der Waals surface area contributed by atoms with E-state index in [-0.39, 0.29) is 24.3 Å². The first-order valence-corrected chi connectivity index (χ1v) is 11.2. The Morgan fingerprint density at radius 1 is 1.14 bits per heavy atom. The summed E-state index contributed by atoms with van der Waals surface area (Å²) in [6.07, 6.45) is 2.11. The highest BCUT2D eigenvalue weighted by atomic mass is 32.2. The van der Waals surface area contributed by atoms with Gasteiger partial charge in [0.25, 0.3) is 0 Å². The quantitative estimate of drug-likeness (QED) is 0.707. The topological polar surface area (TPSA) is 94.6 Å². The maximum absolute atomic E-state index is 12.4. The number of carbonyl (C=O) groups excluding carboxylic acids is 3. The molecule has 0 unspecified atom stereocenters. The highest BCUT2D eigenvalue weighted by Crippen LogP contribution is 2.20. The van der Waals surface area contributed by atoms with Gasteiger partial charge < -0.3 is 15.1 Å². The molecule has 1 aliphatic rings. The normalized spacial score (nSPS) is 13.9. The summed E-state index contributed by atoms with van der Waals surface area (Å²) in [5, 5.41) is 7.86. The van der Waals surface area contributed by atoms with E-state index in [1.165, 1.54) is 18.3 Å². The van der Waals surface area contributed by atoms with Gasteiger partial charge in [-0.25, -0.2) is 9.78 Å². The zero-order chi connectivity index (χ0) is 20.8. The number of urea groups is 1. The van der Waals surface area contributed by atoms with Crippen LogP contribution in [0, 0.1) is 0 Å². The average Bonchev–Trinajstić information content (AvgIpc) is 3.14. The van der Waals surface area contributed by atoms with E-state index in [9.17, 15) is 14.4 Å². The Labute approximate surface area is 177 Å². The van der Waals surface area contributed by atoms with Crippen LogP contribution in [0.3, 0.4) is 0 Å². The van der Waals surface area contributed by atoms with Crippen LogP contribution < -0.4 is 10.6 Å². The Bertz CT molecular complexity index is 893. The van der Waals surface area contributed by atoms with Crippen molar-refractivity contribution in [1.82, 2.24) is 14.8 Å². The van der Waals surface area contributed by atoms with Crippen molar-refractivity contribution in [3.8, 4) is 0 Å². The molecule has 8 nitrogen and oxygen atoms in total. The molecule has 0 bridgehead atoms. The van der Waals surface area contributed by atoms with Gasteiger partial charge in [0.1, 0.15) is 0 Å². The molecule has 0 radical (unpaired) electrons. The van der Waals surface area contributed by atoms with Crippen molar-refractivity contribution >= 4 is 51.8 Å². The lowest BCUT2D eigenvalue weighted by molar-refractivity contribution is -0.130. The molecular weight excluding hydrogens is 410 g/mol. The zero-order valence-electron chi connectivity index (χ0n) is 16.3. The first-order chi connectivity index (χ1) is 13.9. The molecule has 0 aliphatic carbocycles. The number of anilines is 2. The number of nitrogens with zero attached hydrogens (tertiary/aromatic N) is 3. The molecular formula is C19H23N5O3S2. The van der Waals surface area contributed by atoms with Crippen LogP contribution in [0.25, 0.3) is 0 Å². The summed E-state index contributed by atoms with van der Waals surface area (Å²) in [5.41, 5.74) is 1.35. The molecule has 154 valence electrons. The predicted molar refractivity (Wildman–Crippen MR) is 116 cm³/mol. The van der Waals surface area contributed by atoms with Gasteiger partial charge in [-0.15, -0.1) is 23.1 Å². The number of thiazole rings is 1. The number of amides is 4. The van der Waals surface area contributed by atoms with Crippen LogP contribution in [0.15, 0.2) is 34.5 Å². The van der Waals surface area contributed by atoms with Crippen LogP contribution in [0.5, 0.6) is 0 Å². The molecule has 1 fully saturated rings. The molecule has 3 rings (SSSR count). The monoisotopic (exact) mass is 433 g/mol. The number of piperazine rings is 1. The molecule has 1 saturated heterocycles. The Kier molecular flexibility index (Phi) is 7.10. The molecule has 2 aromatic rings. The van der Waals surface area contributed by atoms with E-state index in [1.54, 1.807) is 26.9 Å². The maximum Gasteiger partial charge on any atom is 0.323 e. The van der Waals surface area contributed by atoms with Gasteiger partial charge in [-0.1, -0.05) is 6.07 Å². The van der Waals surface area contributed by atoms with Crippen LogP contribution in [-0.2, 0) is 16.0 Å². The van der Waals surface area contributed by atoms with E-state index in [0.717, 1.165) is 10.6 Å². The molecule has 10 heteroatoms. The van der Waals surface area contributed by atoms with Gasteiger partial charge in [0.15, 0.2) is 5.13 Å². The molecule has 1 aromatic carbocycles. The third kappa shape index (κ3) is 5.94. The van der Waals surface area contributed by atoms with Crippen molar-refractivity contribution in [3.05, 3.63) is 35.3 Å². The Hall–Kier alpha value is -2.59. The Morgan fingerprint density at radius 2 is 1.86 bits per heavy atom. The molecule has 0 atom stereocenters. The van der Waals surface area contributed by atoms with E-state index >= 15 is 0 Å². The Morgan fingerprint density at radius 3 is 2.55 bits per heavy atom. The first kappa shape index (κ1) is 21.1. The first-order valence-electron chi connectivity index (χ1n) is 9.14. The standard InChI is InChI=1S/C19H23N5O3S2/c1-13(25)23-6-8-24(9-7-23)19(27)22-18-21-15(12-29-18)11-17(26)20-14-4-3-5-16(10-14)28-2/h3-5,10,12H,6-9,11H2,1-2H3,(H,20,26)(H,21,22,27). The summed E-state index contributed by atoms with van der Waals surface area (Å²) >= 11 is 2.89. The molecule has 1 aromatic heterocycles. The fourth-order valence-electron chi connectivity index (χ4n) is 2.91. The predicted octanol–water partition coefficient (Wildman–Crippen LogP) is 2.74. The van der Waals surface area contributed by atoms with Crippen molar-refractivity contribution in [2.24, 2.45) is 0 Å². The smallest absolute Gasteiger partial charge is 0.323 e. The summed E-state index contributed by atoms with van der Waals surface area (Å²) in [6, 6.07) is 7.40. The van der Waals surface area contributed by atoms with Gasteiger partial charge in [-0.05, 0) is 24.5 Å². The molecule has 0 spiro atoms. The van der Waals surface area contributed by atoms with Gasteiger partial charge in [-0.2, -0.15) is 0 Å². The summed E-state index contributed by atoms with van der Waals surface area (Å²) < 4.78 is 0. The zero-order valence-corrected chi connectivity index (χ0v) is 17.9. The van der Waals surface area contributed by atoms with Crippen LogP contribution >= 0.6 is 23.1 Å². The number of hydrogen-bond donors (Lipinski definition) is 2. The van der Waals surface area contributed by atoms with E-state index in [4.69, 9.17) is 0 Å². The summed E-state index contributed by atoms with van der Waals surface area (Å²) in [5.74, 6) is -0.139. The largest absolute Gasteiger partial charge is 0.339 e. The van der Waals surface area contributed by atoms with E-state index in [0.29, 0.717) is 37.0 Å². The fourth-order valence-corrected chi connectivity index (χ4v) is 4.07. The van der Waals surface area contributed by atoms with Crippen molar-refractivity contribution < 1.29 is 14.4 Å². The van der Waals surface area contributed by atoms with Crippen LogP contribution in [0.1, 0.15) is 12.6 Å². The molecule has 4 amide bonds. The number of nitrogens with one attached hydrogen (secondary N) is 2. The molecule has 29 heavy (non-hydrogen) atoms. The third-order valence-electron chi connectivity index (χ3n) is 4.47. The van der Waals surface area contributed by atoms with Crippen LogP contribution in [0.4, 0.5) is 15.6 Å². The van der Waals surface area contributed by atoms with Crippen molar-refractivity contribution in [3.63, 3.8) is 0 Å². The minimum absolute atomic E-state index is 0.0214. The average molecular weight is 434 g/mol. The van der Waals surface area contributed by atoms with Crippen LogP contribution in [-0.4, -0.2) is 65.1 Å².